The molecule has 1 amide bonds. The van der Waals surface area contributed by atoms with Crippen LogP contribution in [0, 0.1) is 5.82 Å². The summed E-state index contributed by atoms with van der Waals surface area (Å²) in [6.07, 6.45) is 4.11. The highest BCUT2D eigenvalue weighted by Gasteiger charge is 2.20. The maximum Gasteiger partial charge on any atom is 0.251 e. The quantitative estimate of drug-likeness (QED) is 0.779. The number of likely N-dealkylation sites (N-methyl/N-ethyl adjacent to an activating group) is 1. The van der Waals surface area contributed by atoms with Crippen molar-refractivity contribution in [2.75, 3.05) is 13.6 Å². The van der Waals surface area contributed by atoms with E-state index in [1.165, 1.54) is 18.9 Å². The fourth-order valence-corrected chi connectivity index (χ4v) is 1.75. The average molecular weight is 248 g/mol. The third kappa shape index (κ3) is 3.17. The zero-order valence-corrected chi connectivity index (χ0v) is 10.4. The Morgan fingerprint density at radius 1 is 1.44 bits per heavy atom. The molecule has 0 radical (unpaired) electrons. The van der Waals surface area contributed by atoms with Crippen molar-refractivity contribution in [1.82, 2.24) is 10.6 Å². The minimum Gasteiger partial charge on any atom is -0.355 e. The van der Waals surface area contributed by atoms with Gasteiger partial charge in [0.1, 0.15) is 5.82 Å². The van der Waals surface area contributed by atoms with Crippen molar-refractivity contribution in [3.63, 3.8) is 0 Å². The van der Waals surface area contributed by atoms with E-state index in [-0.39, 0.29) is 11.7 Å². The molecule has 1 aliphatic rings. The zero-order valence-electron chi connectivity index (χ0n) is 10.4. The van der Waals surface area contributed by atoms with Gasteiger partial charge in [0, 0.05) is 30.8 Å². The van der Waals surface area contributed by atoms with Gasteiger partial charge in [-0.2, -0.15) is 0 Å². The second kappa shape index (κ2) is 5.78. The highest BCUT2D eigenvalue weighted by Crippen LogP contribution is 2.20. The summed E-state index contributed by atoms with van der Waals surface area (Å²) in [5.74, 6) is -0.642. The van der Waals surface area contributed by atoms with Gasteiger partial charge >= 0.3 is 0 Å². The Bertz CT molecular complexity index is 467. The van der Waals surface area contributed by atoms with E-state index >= 15 is 0 Å². The highest BCUT2D eigenvalue weighted by molar-refractivity contribution is 6.19. The number of nitrogens with one attached hydrogen (secondary N) is 2. The topological polar surface area (TPSA) is 41.1 Å². The molecule has 0 unspecified atom stereocenters. The largest absolute Gasteiger partial charge is 0.355 e. The molecule has 1 aliphatic carbocycles. The highest BCUT2D eigenvalue weighted by atomic mass is 19.1. The molecule has 18 heavy (non-hydrogen) atoms. The average Bonchev–Trinajstić information content (AvgIpc) is 3.19. The molecule has 0 aromatic heterocycles. The van der Waals surface area contributed by atoms with Gasteiger partial charge in [-0.3, -0.25) is 4.79 Å². The van der Waals surface area contributed by atoms with Gasteiger partial charge in [0.15, 0.2) is 0 Å². The number of carbonyl (C=O) groups excluding carboxylic acids is 1. The Morgan fingerprint density at radius 3 is 2.78 bits per heavy atom. The van der Waals surface area contributed by atoms with E-state index < -0.39 is 0 Å². The van der Waals surface area contributed by atoms with Crippen LogP contribution in [0.3, 0.4) is 0 Å². The predicted octanol–water partition coefficient (Wildman–Crippen LogP) is 1.71. The van der Waals surface area contributed by atoms with Crippen LogP contribution in [0.4, 0.5) is 4.39 Å². The van der Waals surface area contributed by atoms with Crippen LogP contribution in [0.1, 0.15) is 18.4 Å². The van der Waals surface area contributed by atoms with Gasteiger partial charge in [0.25, 0.3) is 5.91 Å². The van der Waals surface area contributed by atoms with Gasteiger partial charge in [-0.05, 0) is 18.9 Å². The molecule has 0 spiro atoms. The van der Waals surface area contributed by atoms with Gasteiger partial charge in [-0.15, -0.1) is 0 Å². The maximum absolute atomic E-state index is 13.7. The fourth-order valence-electron chi connectivity index (χ4n) is 1.75. The third-order valence-electron chi connectivity index (χ3n) is 2.93. The number of hydrogen-bond acceptors (Lipinski definition) is 2. The SMILES string of the molecule is CNC(=O)C(=CCNC1CC1)c1ccccc1F. The second-order valence-electron chi connectivity index (χ2n) is 4.36. The molecule has 2 N–H and O–H groups in total. The van der Waals surface area contributed by atoms with E-state index in [2.05, 4.69) is 10.6 Å². The summed E-state index contributed by atoms with van der Waals surface area (Å²) < 4.78 is 13.7. The molecule has 0 heterocycles. The minimum absolute atomic E-state index is 0.266. The molecule has 4 heteroatoms. The molecular weight excluding hydrogens is 231 g/mol. The number of halogens is 1. The Labute approximate surface area is 106 Å². The van der Waals surface area contributed by atoms with Crippen LogP contribution in [-0.2, 0) is 4.79 Å². The maximum atomic E-state index is 13.7. The molecule has 1 aromatic carbocycles. The minimum atomic E-state index is -0.376. The van der Waals surface area contributed by atoms with E-state index in [1.807, 2.05) is 0 Å². The van der Waals surface area contributed by atoms with Crippen molar-refractivity contribution in [1.29, 1.82) is 0 Å². The smallest absolute Gasteiger partial charge is 0.251 e. The first-order valence-corrected chi connectivity index (χ1v) is 6.13. The summed E-state index contributed by atoms with van der Waals surface area (Å²) in [7, 11) is 1.55. The molecule has 0 bridgehead atoms. The molecule has 0 saturated heterocycles. The van der Waals surface area contributed by atoms with E-state index in [0.29, 0.717) is 23.7 Å². The van der Waals surface area contributed by atoms with Crippen LogP contribution < -0.4 is 10.6 Å². The molecule has 96 valence electrons. The number of amides is 1. The van der Waals surface area contributed by atoms with Crippen LogP contribution in [0.5, 0.6) is 0 Å². The van der Waals surface area contributed by atoms with E-state index in [0.717, 1.165) is 0 Å². The molecule has 1 saturated carbocycles. The molecule has 1 fully saturated rings. The second-order valence-corrected chi connectivity index (χ2v) is 4.36. The van der Waals surface area contributed by atoms with Crippen molar-refractivity contribution in [3.8, 4) is 0 Å². The van der Waals surface area contributed by atoms with Gasteiger partial charge in [-0.1, -0.05) is 24.3 Å². The normalized spacial score (nSPS) is 15.6. The van der Waals surface area contributed by atoms with Gasteiger partial charge in [0.2, 0.25) is 0 Å². The summed E-state index contributed by atoms with van der Waals surface area (Å²) in [5, 5.41) is 5.82. The fraction of sp³-hybridized carbons (Fsp3) is 0.357. The lowest BCUT2D eigenvalue weighted by Gasteiger charge is -2.08. The van der Waals surface area contributed by atoms with E-state index in [4.69, 9.17) is 0 Å². The van der Waals surface area contributed by atoms with Gasteiger partial charge < -0.3 is 10.6 Å². The lowest BCUT2D eigenvalue weighted by molar-refractivity contribution is -0.115. The number of carbonyl (C=O) groups is 1. The summed E-state index contributed by atoms with van der Waals surface area (Å²) >= 11 is 0. The molecule has 0 atom stereocenters. The number of hydrogen-bond donors (Lipinski definition) is 2. The Morgan fingerprint density at radius 2 is 2.17 bits per heavy atom. The van der Waals surface area contributed by atoms with E-state index in [1.54, 1.807) is 31.3 Å². The summed E-state index contributed by atoms with van der Waals surface area (Å²) in [6, 6.07) is 6.88. The van der Waals surface area contributed by atoms with Crippen molar-refractivity contribution in [2.24, 2.45) is 0 Å². The third-order valence-corrected chi connectivity index (χ3v) is 2.93. The molecule has 3 nitrogen and oxygen atoms in total. The van der Waals surface area contributed by atoms with Gasteiger partial charge in [-0.25, -0.2) is 4.39 Å². The predicted molar refractivity (Wildman–Crippen MR) is 69.5 cm³/mol. The van der Waals surface area contributed by atoms with Crippen LogP contribution in [0.15, 0.2) is 30.3 Å². The molecule has 1 aromatic rings. The first kappa shape index (κ1) is 12.8. The van der Waals surface area contributed by atoms with Crippen LogP contribution in [0.25, 0.3) is 5.57 Å². The lowest BCUT2D eigenvalue weighted by Crippen LogP contribution is -2.22. The van der Waals surface area contributed by atoms with Crippen LogP contribution >= 0.6 is 0 Å². The Balaban J connectivity index is 2.18. The molecule has 2 rings (SSSR count). The van der Waals surface area contributed by atoms with Crippen molar-refractivity contribution in [3.05, 3.63) is 41.7 Å². The van der Waals surface area contributed by atoms with Crippen molar-refractivity contribution >= 4 is 11.5 Å². The van der Waals surface area contributed by atoms with Crippen LogP contribution in [-0.4, -0.2) is 25.5 Å². The van der Waals surface area contributed by atoms with Gasteiger partial charge in [0.05, 0.1) is 0 Å². The lowest BCUT2D eigenvalue weighted by atomic mass is 10.0. The standard InChI is InChI=1S/C14H17FN2O/c1-16-14(18)12(8-9-17-10-6-7-10)11-4-2-3-5-13(11)15/h2-5,8,10,17H,6-7,9H2,1H3,(H,16,18). The first-order chi connectivity index (χ1) is 8.72. The summed E-state index contributed by atoms with van der Waals surface area (Å²) in [6.45, 7) is 0.585. The molecular formula is C14H17FN2O. The monoisotopic (exact) mass is 248 g/mol. The number of rotatable bonds is 5. The number of benzene rings is 1. The molecule has 0 aliphatic heterocycles. The summed E-state index contributed by atoms with van der Waals surface area (Å²) in [4.78, 5) is 11.8. The summed E-state index contributed by atoms with van der Waals surface area (Å²) in [5.41, 5.74) is 0.721. The van der Waals surface area contributed by atoms with E-state index in [9.17, 15) is 9.18 Å². The van der Waals surface area contributed by atoms with Crippen molar-refractivity contribution < 1.29 is 9.18 Å². The first-order valence-electron chi connectivity index (χ1n) is 6.13. The Kier molecular flexibility index (Phi) is 4.10. The van der Waals surface area contributed by atoms with Crippen molar-refractivity contribution in [2.45, 2.75) is 18.9 Å². The Hall–Kier alpha value is -1.68. The zero-order chi connectivity index (χ0) is 13.0. The van der Waals surface area contributed by atoms with Crippen LogP contribution in [0.2, 0.25) is 0 Å².